The van der Waals surface area contributed by atoms with Crippen molar-refractivity contribution in [1.29, 1.82) is 0 Å². The van der Waals surface area contributed by atoms with Crippen LogP contribution in [-0.2, 0) is 4.74 Å². The van der Waals surface area contributed by atoms with Gasteiger partial charge in [-0.1, -0.05) is 58.3 Å². The fraction of sp³-hybridized carbons (Fsp3) is 1.00. The highest BCUT2D eigenvalue weighted by Gasteiger charge is 2.06. The molecule has 0 aromatic rings. The van der Waals surface area contributed by atoms with Gasteiger partial charge in [0.05, 0.1) is 6.61 Å². The molecule has 0 saturated heterocycles. The second-order valence-corrected chi connectivity index (χ2v) is 6.62. The lowest BCUT2D eigenvalue weighted by molar-refractivity contribution is 0.126. The van der Waals surface area contributed by atoms with E-state index in [1.165, 1.54) is 57.8 Å². The topological polar surface area (TPSA) is 21.3 Å². The predicted molar refractivity (Wildman–Crippen MR) is 85.8 cm³/mol. The van der Waals surface area contributed by atoms with Crippen molar-refractivity contribution in [3.63, 3.8) is 0 Å². The van der Waals surface area contributed by atoms with Crippen LogP contribution in [0.4, 0.5) is 0 Å². The van der Waals surface area contributed by atoms with E-state index in [2.05, 4.69) is 33.0 Å². The molecular weight excluding hydrogens is 234 g/mol. The van der Waals surface area contributed by atoms with Crippen LogP contribution in [0.5, 0.6) is 0 Å². The molecule has 0 unspecified atom stereocenters. The van der Waals surface area contributed by atoms with Gasteiger partial charge < -0.3 is 10.1 Å². The first-order valence-electron chi connectivity index (χ1n) is 8.39. The average Bonchev–Trinajstić information content (AvgIpc) is 2.34. The molecule has 2 heteroatoms. The fourth-order valence-electron chi connectivity index (χ4n) is 2.12. The number of hydrogen-bond acceptors (Lipinski definition) is 2. The number of hydrogen-bond donors (Lipinski definition) is 1. The number of ether oxygens (including phenoxy) is 1. The SMILES string of the molecule is CCCCCCCCCCCOCCNC(C)(C)C. The molecule has 0 saturated carbocycles. The van der Waals surface area contributed by atoms with Gasteiger partial charge in [-0.3, -0.25) is 0 Å². The molecule has 0 spiro atoms. The lowest BCUT2D eigenvalue weighted by atomic mass is 10.1. The molecule has 0 aromatic carbocycles. The van der Waals surface area contributed by atoms with Gasteiger partial charge >= 0.3 is 0 Å². The van der Waals surface area contributed by atoms with E-state index in [1.807, 2.05) is 0 Å². The Balaban J connectivity index is 2.99. The van der Waals surface area contributed by atoms with Crippen LogP contribution in [-0.4, -0.2) is 25.3 Å². The quantitative estimate of drug-likeness (QED) is 0.480. The van der Waals surface area contributed by atoms with Crippen molar-refractivity contribution in [3.8, 4) is 0 Å². The molecule has 19 heavy (non-hydrogen) atoms. The lowest BCUT2D eigenvalue weighted by Crippen LogP contribution is -2.38. The molecule has 1 N–H and O–H groups in total. The highest BCUT2D eigenvalue weighted by molar-refractivity contribution is 4.69. The maximum atomic E-state index is 5.63. The van der Waals surface area contributed by atoms with Crippen LogP contribution in [0.2, 0.25) is 0 Å². The highest BCUT2D eigenvalue weighted by Crippen LogP contribution is 2.09. The summed E-state index contributed by atoms with van der Waals surface area (Å²) in [6, 6.07) is 0. The normalized spacial score (nSPS) is 12.0. The van der Waals surface area contributed by atoms with Gasteiger partial charge in [0.1, 0.15) is 0 Å². The van der Waals surface area contributed by atoms with Gasteiger partial charge in [0, 0.05) is 18.7 Å². The summed E-state index contributed by atoms with van der Waals surface area (Å²) in [6.45, 7) is 11.6. The predicted octanol–water partition coefficient (Wildman–Crippen LogP) is 4.92. The molecule has 0 aliphatic rings. The van der Waals surface area contributed by atoms with E-state index in [0.717, 1.165) is 19.8 Å². The first kappa shape index (κ1) is 18.9. The molecule has 0 aliphatic carbocycles. The summed E-state index contributed by atoms with van der Waals surface area (Å²) < 4.78 is 5.63. The molecular formula is C17H37NO. The first-order chi connectivity index (χ1) is 9.06. The molecule has 0 aromatic heterocycles. The summed E-state index contributed by atoms with van der Waals surface area (Å²) in [5.41, 5.74) is 0.209. The maximum absolute atomic E-state index is 5.63. The minimum absolute atomic E-state index is 0.209. The zero-order valence-electron chi connectivity index (χ0n) is 13.9. The van der Waals surface area contributed by atoms with Gasteiger partial charge in [-0.2, -0.15) is 0 Å². The molecule has 0 atom stereocenters. The molecule has 2 nitrogen and oxygen atoms in total. The summed E-state index contributed by atoms with van der Waals surface area (Å²) in [6.07, 6.45) is 12.4. The van der Waals surface area contributed by atoms with Gasteiger partial charge in [0.15, 0.2) is 0 Å². The Hall–Kier alpha value is -0.0800. The Kier molecular flexibility index (Phi) is 12.9. The van der Waals surface area contributed by atoms with Crippen molar-refractivity contribution < 1.29 is 4.74 Å². The second-order valence-electron chi connectivity index (χ2n) is 6.62. The largest absolute Gasteiger partial charge is 0.380 e. The van der Waals surface area contributed by atoms with Crippen LogP contribution in [0.15, 0.2) is 0 Å². The smallest absolute Gasteiger partial charge is 0.0591 e. The van der Waals surface area contributed by atoms with E-state index < -0.39 is 0 Å². The van der Waals surface area contributed by atoms with Crippen molar-refractivity contribution >= 4 is 0 Å². The summed E-state index contributed by atoms with van der Waals surface area (Å²) in [5.74, 6) is 0. The summed E-state index contributed by atoms with van der Waals surface area (Å²) in [4.78, 5) is 0. The Labute approximate surface area is 121 Å². The monoisotopic (exact) mass is 271 g/mol. The Morgan fingerprint density at radius 1 is 0.737 bits per heavy atom. The first-order valence-corrected chi connectivity index (χ1v) is 8.39. The third-order valence-corrected chi connectivity index (χ3v) is 3.29. The van der Waals surface area contributed by atoms with Crippen molar-refractivity contribution in [3.05, 3.63) is 0 Å². The molecule has 0 amide bonds. The standard InChI is InChI=1S/C17H37NO/c1-5-6-7-8-9-10-11-12-13-15-19-16-14-18-17(2,3)4/h18H,5-16H2,1-4H3. The fourth-order valence-corrected chi connectivity index (χ4v) is 2.12. The minimum Gasteiger partial charge on any atom is -0.380 e. The van der Waals surface area contributed by atoms with Gasteiger partial charge in [0.25, 0.3) is 0 Å². The van der Waals surface area contributed by atoms with E-state index >= 15 is 0 Å². The van der Waals surface area contributed by atoms with Crippen LogP contribution in [0.1, 0.15) is 85.5 Å². The second kappa shape index (κ2) is 12.9. The molecule has 0 radical (unpaired) electrons. The minimum atomic E-state index is 0.209. The number of nitrogens with one attached hydrogen (secondary N) is 1. The summed E-state index contributed by atoms with van der Waals surface area (Å²) in [5, 5.41) is 3.43. The molecule has 0 heterocycles. The van der Waals surface area contributed by atoms with Gasteiger partial charge in [-0.15, -0.1) is 0 Å². The lowest BCUT2D eigenvalue weighted by Gasteiger charge is -2.20. The zero-order chi connectivity index (χ0) is 14.4. The van der Waals surface area contributed by atoms with Crippen molar-refractivity contribution in [2.75, 3.05) is 19.8 Å². The van der Waals surface area contributed by atoms with Crippen LogP contribution in [0.25, 0.3) is 0 Å². The summed E-state index contributed by atoms with van der Waals surface area (Å²) in [7, 11) is 0. The Morgan fingerprint density at radius 3 is 1.79 bits per heavy atom. The van der Waals surface area contributed by atoms with Gasteiger partial charge in [-0.05, 0) is 27.2 Å². The third-order valence-electron chi connectivity index (χ3n) is 3.29. The number of rotatable bonds is 13. The molecule has 116 valence electrons. The highest BCUT2D eigenvalue weighted by atomic mass is 16.5. The Morgan fingerprint density at radius 2 is 1.26 bits per heavy atom. The molecule has 0 aliphatic heterocycles. The van der Waals surface area contributed by atoms with Crippen LogP contribution in [0.3, 0.4) is 0 Å². The van der Waals surface area contributed by atoms with Crippen LogP contribution >= 0.6 is 0 Å². The van der Waals surface area contributed by atoms with E-state index in [1.54, 1.807) is 0 Å². The Bertz CT molecular complexity index is 175. The van der Waals surface area contributed by atoms with Crippen LogP contribution < -0.4 is 5.32 Å². The zero-order valence-corrected chi connectivity index (χ0v) is 13.9. The van der Waals surface area contributed by atoms with E-state index in [9.17, 15) is 0 Å². The third kappa shape index (κ3) is 17.9. The molecule has 0 bridgehead atoms. The van der Waals surface area contributed by atoms with Gasteiger partial charge in [0.2, 0.25) is 0 Å². The van der Waals surface area contributed by atoms with E-state index in [4.69, 9.17) is 4.74 Å². The van der Waals surface area contributed by atoms with Crippen molar-refractivity contribution in [2.45, 2.75) is 91.0 Å². The average molecular weight is 271 g/mol. The maximum Gasteiger partial charge on any atom is 0.0591 e. The molecule has 0 fully saturated rings. The number of unbranched alkanes of at least 4 members (excludes halogenated alkanes) is 8. The summed E-state index contributed by atoms with van der Waals surface area (Å²) >= 11 is 0. The van der Waals surface area contributed by atoms with Crippen molar-refractivity contribution in [2.24, 2.45) is 0 Å². The van der Waals surface area contributed by atoms with Gasteiger partial charge in [-0.25, -0.2) is 0 Å². The van der Waals surface area contributed by atoms with E-state index in [-0.39, 0.29) is 5.54 Å². The van der Waals surface area contributed by atoms with Crippen LogP contribution in [0, 0.1) is 0 Å². The van der Waals surface area contributed by atoms with E-state index in [0.29, 0.717) is 0 Å². The molecule has 0 rings (SSSR count). The van der Waals surface area contributed by atoms with Crippen molar-refractivity contribution in [1.82, 2.24) is 5.32 Å².